The van der Waals surface area contributed by atoms with Crippen molar-refractivity contribution in [3.63, 3.8) is 0 Å². The van der Waals surface area contributed by atoms with E-state index in [-0.39, 0.29) is 18.5 Å². The molecule has 4 rings (SSSR count). The summed E-state index contributed by atoms with van der Waals surface area (Å²) in [5.41, 5.74) is 1.98. The molecule has 0 unspecified atom stereocenters. The second-order valence-electron chi connectivity index (χ2n) is 7.19. The lowest BCUT2D eigenvalue weighted by Gasteiger charge is -2.34. The predicted molar refractivity (Wildman–Crippen MR) is 95.0 cm³/mol. The second kappa shape index (κ2) is 7.18. The molecule has 0 saturated carbocycles. The highest BCUT2D eigenvalue weighted by molar-refractivity contribution is 5.98. The number of nitrogens with zero attached hydrogens (tertiary/aromatic N) is 1. The topological polar surface area (TPSA) is 44.4 Å². The van der Waals surface area contributed by atoms with Crippen LogP contribution in [0.4, 0.5) is 17.6 Å². The fraction of sp³-hybridized carbons (Fsp3) is 0.350. The van der Waals surface area contributed by atoms with Crippen LogP contribution in [0.3, 0.4) is 0 Å². The minimum absolute atomic E-state index is 0.00889. The van der Waals surface area contributed by atoms with Crippen LogP contribution in [0.25, 0.3) is 0 Å². The van der Waals surface area contributed by atoms with Crippen LogP contribution >= 0.6 is 0 Å². The first-order chi connectivity index (χ1) is 13.3. The molecule has 1 saturated heterocycles. The van der Waals surface area contributed by atoms with Crippen molar-refractivity contribution in [1.82, 2.24) is 15.5 Å². The molecular weight excluding hydrogens is 374 g/mol. The van der Waals surface area contributed by atoms with E-state index < -0.39 is 17.6 Å². The van der Waals surface area contributed by atoms with Crippen LogP contribution in [-0.4, -0.2) is 30.4 Å². The number of alkyl halides is 3. The Morgan fingerprint density at radius 2 is 1.96 bits per heavy atom. The molecule has 1 amide bonds. The van der Waals surface area contributed by atoms with Gasteiger partial charge in [-0.1, -0.05) is 12.1 Å². The summed E-state index contributed by atoms with van der Waals surface area (Å²) in [6, 6.07) is 8.35. The maximum Gasteiger partial charge on any atom is 0.416 e. The van der Waals surface area contributed by atoms with E-state index in [0.717, 1.165) is 23.3 Å². The first kappa shape index (κ1) is 18.9. The van der Waals surface area contributed by atoms with Gasteiger partial charge < -0.3 is 10.6 Å². The highest BCUT2D eigenvalue weighted by Crippen LogP contribution is 2.31. The SMILES string of the molecule is O=C1NCc2cc([C@@H]3CN(Cc4cc(F)cc(C(F)(F)F)c4)CCN3)ccc21. The molecule has 2 N–H and O–H groups in total. The first-order valence-corrected chi connectivity index (χ1v) is 9.03. The van der Waals surface area contributed by atoms with Crippen molar-refractivity contribution in [1.29, 1.82) is 0 Å². The zero-order valence-electron chi connectivity index (χ0n) is 14.9. The van der Waals surface area contributed by atoms with Crippen LogP contribution in [0.2, 0.25) is 0 Å². The maximum absolute atomic E-state index is 13.6. The van der Waals surface area contributed by atoms with Gasteiger partial charge in [-0.15, -0.1) is 0 Å². The molecule has 148 valence electrons. The summed E-state index contributed by atoms with van der Waals surface area (Å²) in [4.78, 5) is 13.7. The van der Waals surface area contributed by atoms with Crippen molar-refractivity contribution in [2.24, 2.45) is 0 Å². The zero-order valence-corrected chi connectivity index (χ0v) is 14.9. The molecule has 0 spiro atoms. The third-order valence-corrected chi connectivity index (χ3v) is 5.17. The van der Waals surface area contributed by atoms with Crippen LogP contribution in [0.15, 0.2) is 36.4 Å². The van der Waals surface area contributed by atoms with Gasteiger partial charge in [0.05, 0.1) is 5.56 Å². The normalized spacial score (nSPS) is 20.1. The van der Waals surface area contributed by atoms with Gasteiger partial charge in [0.1, 0.15) is 5.82 Å². The van der Waals surface area contributed by atoms with Crippen molar-refractivity contribution < 1.29 is 22.4 Å². The average molecular weight is 393 g/mol. The van der Waals surface area contributed by atoms with E-state index in [1.54, 1.807) is 6.07 Å². The van der Waals surface area contributed by atoms with Gasteiger partial charge in [-0.3, -0.25) is 9.69 Å². The number of rotatable bonds is 3. The summed E-state index contributed by atoms with van der Waals surface area (Å²) >= 11 is 0. The molecule has 2 aromatic carbocycles. The lowest BCUT2D eigenvalue weighted by molar-refractivity contribution is -0.137. The van der Waals surface area contributed by atoms with Gasteiger partial charge in [0.2, 0.25) is 0 Å². The molecule has 4 nitrogen and oxygen atoms in total. The van der Waals surface area contributed by atoms with Gasteiger partial charge in [0.15, 0.2) is 0 Å². The number of hydrogen-bond donors (Lipinski definition) is 2. The van der Waals surface area contributed by atoms with Crippen molar-refractivity contribution in [3.05, 3.63) is 70.0 Å². The third-order valence-electron chi connectivity index (χ3n) is 5.17. The van der Waals surface area contributed by atoms with E-state index in [2.05, 4.69) is 10.6 Å². The quantitative estimate of drug-likeness (QED) is 0.787. The van der Waals surface area contributed by atoms with Crippen LogP contribution in [0, 0.1) is 5.82 Å². The highest BCUT2D eigenvalue weighted by atomic mass is 19.4. The van der Waals surface area contributed by atoms with Crippen LogP contribution in [0.1, 0.15) is 38.7 Å². The number of carbonyl (C=O) groups is 1. The minimum atomic E-state index is -4.57. The Bertz CT molecular complexity index is 913. The number of benzene rings is 2. The van der Waals surface area contributed by atoms with Gasteiger partial charge in [0, 0.05) is 44.3 Å². The monoisotopic (exact) mass is 393 g/mol. The largest absolute Gasteiger partial charge is 0.416 e. The maximum atomic E-state index is 13.6. The third kappa shape index (κ3) is 3.88. The van der Waals surface area contributed by atoms with Gasteiger partial charge in [-0.2, -0.15) is 13.2 Å². The summed E-state index contributed by atoms with van der Waals surface area (Å²) in [6.07, 6.45) is -4.57. The number of carbonyl (C=O) groups excluding carboxylic acids is 1. The molecule has 8 heteroatoms. The molecule has 1 fully saturated rings. The van der Waals surface area contributed by atoms with Crippen molar-refractivity contribution in [3.8, 4) is 0 Å². The van der Waals surface area contributed by atoms with Crippen LogP contribution in [0.5, 0.6) is 0 Å². The summed E-state index contributed by atoms with van der Waals surface area (Å²) in [6.45, 7) is 2.64. The Hall–Kier alpha value is -2.45. The Kier molecular flexibility index (Phi) is 4.84. The van der Waals surface area contributed by atoms with Gasteiger partial charge >= 0.3 is 6.18 Å². The van der Waals surface area contributed by atoms with E-state index in [4.69, 9.17) is 0 Å². The van der Waals surface area contributed by atoms with E-state index in [1.807, 2.05) is 17.0 Å². The molecule has 0 aliphatic carbocycles. The fourth-order valence-corrected chi connectivity index (χ4v) is 3.81. The number of hydrogen-bond acceptors (Lipinski definition) is 3. The Labute approximate surface area is 159 Å². The number of amides is 1. The van der Waals surface area contributed by atoms with E-state index in [1.165, 1.54) is 0 Å². The van der Waals surface area contributed by atoms with Crippen molar-refractivity contribution in [2.45, 2.75) is 25.3 Å². The molecule has 1 atom stereocenters. The molecule has 2 aromatic rings. The Balaban J connectivity index is 1.49. The first-order valence-electron chi connectivity index (χ1n) is 9.03. The molecule has 2 aliphatic heterocycles. The highest BCUT2D eigenvalue weighted by Gasteiger charge is 2.32. The number of piperazine rings is 1. The predicted octanol–water partition coefficient (Wildman–Crippen LogP) is 3.23. The second-order valence-corrected chi connectivity index (χ2v) is 7.19. The fourth-order valence-electron chi connectivity index (χ4n) is 3.81. The van der Waals surface area contributed by atoms with E-state index in [9.17, 15) is 22.4 Å². The van der Waals surface area contributed by atoms with E-state index in [0.29, 0.717) is 43.4 Å². The lowest BCUT2D eigenvalue weighted by Crippen LogP contribution is -2.45. The number of halogens is 4. The van der Waals surface area contributed by atoms with Gasteiger partial charge in [-0.05, 0) is 41.0 Å². The molecule has 28 heavy (non-hydrogen) atoms. The molecule has 2 heterocycles. The smallest absolute Gasteiger partial charge is 0.348 e. The zero-order chi connectivity index (χ0) is 19.9. The van der Waals surface area contributed by atoms with Gasteiger partial charge in [-0.25, -0.2) is 4.39 Å². The molecule has 2 aliphatic rings. The van der Waals surface area contributed by atoms with Crippen LogP contribution < -0.4 is 10.6 Å². The molecule has 0 aromatic heterocycles. The Morgan fingerprint density at radius 3 is 2.75 bits per heavy atom. The number of fused-ring (bicyclic) bond motifs is 1. The molecular formula is C20H19F4N3O. The average Bonchev–Trinajstić information content (AvgIpc) is 3.01. The number of nitrogens with one attached hydrogen (secondary N) is 2. The van der Waals surface area contributed by atoms with E-state index >= 15 is 0 Å². The van der Waals surface area contributed by atoms with Crippen molar-refractivity contribution in [2.75, 3.05) is 19.6 Å². The summed E-state index contributed by atoms with van der Waals surface area (Å²) in [7, 11) is 0. The molecule has 0 radical (unpaired) electrons. The van der Waals surface area contributed by atoms with Gasteiger partial charge in [0.25, 0.3) is 5.91 Å². The lowest BCUT2D eigenvalue weighted by atomic mass is 9.99. The standard InChI is InChI=1S/C20H19F4N3O/c21-16-6-12(5-15(8-16)20(22,23)24)10-27-4-3-25-18(11-27)13-1-2-17-14(7-13)9-26-19(17)28/h1-2,5-8,18,25H,3-4,9-11H2,(H,26,28)/t18-/m0/s1. The molecule has 0 bridgehead atoms. The summed E-state index contributed by atoms with van der Waals surface area (Å²) in [5.74, 6) is -0.960. The van der Waals surface area contributed by atoms with Crippen LogP contribution in [-0.2, 0) is 19.3 Å². The summed E-state index contributed by atoms with van der Waals surface area (Å²) in [5, 5.41) is 6.18. The minimum Gasteiger partial charge on any atom is -0.348 e. The van der Waals surface area contributed by atoms with Crippen molar-refractivity contribution >= 4 is 5.91 Å². The summed E-state index contributed by atoms with van der Waals surface area (Å²) < 4.78 is 52.4. The Morgan fingerprint density at radius 1 is 1.14 bits per heavy atom.